The number of ether oxygens (including phenoxy) is 3. The SMILES string of the molecule is COCCNCC1(COCC(F)(F)F)CCOCC1. The van der Waals surface area contributed by atoms with Crippen LogP contribution in [-0.4, -0.2) is 59.4 Å². The summed E-state index contributed by atoms with van der Waals surface area (Å²) in [5.41, 5.74) is -0.267. The van der Waals surface area contributed by atoms with Gasteiger partial charge in [0.25, 0.3) is 0 Å². The molecule has 0 spiro atoms. The molecule has 0 saturated carbocycles. The molecule has 0 aromatic carbocycles. The van der Waals surface area contributed by atoms with Crippen LogP contribution in [0.5, 0.6) is 0 Å². The van der Waals surface area contributed by atoms with Crippen LogP contribution >= 0.6 is 0 Å². The van der Waals surface area contributed by atoms with Gasteiger partial charge in [0.05, 0.1) is 13.2 Å². The summed E-state index contributed by atoms with van der Waals surface area (Å²) in [4.78, 5) is 0. The molecule has 0 atom stereocenters. The second kappa shape index (κ2) is 8.04. The molecule has 1 heterocycles. The van der Waals surface area contributed by atoms with E-state index in [2.05, 4.69) is 5.32 Å². The molecule has 0 amide bonds. The van der Waals surface area contributed by atoms with E-state index in [1.807, 2.05) is 0 Å². The molecule has 114 valence electrons. The topological polar surface area (TPSA) is 39.7 Å². The first-order chi connectivity index (χ1) is 8.97. The fourth-order valence-electron chi connectivity index (χ4n) is 2.09. The van der Waals surface area contributed by atoms with Crippen molar-refractivity contribution in [2.24, 2.45) is 5.41 Å². The van der Waals surface area contributed by atoms with E-state index in [0.717, 1.165) is 0 Å². The van der Waals surface area contributed by atoms with Gasteiger partial charge in [0, 0.05) is 38.8 Å². The average molecular weight is 285 g/mol. The molecule has 0 aromatic heterocycles. The van der Waals surface area contributed by atoms with Gasteiger partial charge >= 0.3 is 6.18 Å². The zero-order chi connectivity index (χ0) is 14.2. The van der Waals surface area contributed by atoms with E-state index in [1.165, 1.54) is 0 Å². The van der Waals surface area contributed by atoms with Crippen LogP contribution in [0.3, 0.4) is 0 Å². The lowest BCUT2D eigenvalue weighted by Gasteiger charge is -2.37. The molecule has 1 rings (SSSR count). The second-order valence-corrected chi connectivity index (χ2v) is 4.89. The number of methoxy groups -OCH3 is 1. The highest BCUT2D eigenvalue weighted by Gasteiger charge is 2.35. The van der Waals surface area contributed by atoms with Gasteiger partial charge in [-0.1, -0.05) is 0 Å². The predicted molar refractivity (Wildman–Crippen MR) is 64.1 cm³/mol. The Labute approximate surface area is 111 Å². The molecule has 1 N–H and O–H groups in total. The van der Waals surface area contributed by atoms with Gasteiger partial charge in [0.2, 0.25) is 0 Å². The van der Waals surface area contributed by atoms with Crippen LogP contribution in [0.2, 0.25) is 0 Å². The first-order valence-corrected chi connectivity index (χ1v) is 6.39. The molecule has 1 saturated heterocycles. The van der Waals surface area contributed by atoms with E-state index in [-0.39, 0.29) is 12.0 Å². The van der Waals surface area contributed by atoms with Crippen LogP contribution in [0.1, 0.15) is 12.8 Å². The lowest BCUT2D eigenvalue weighted by atomic mass is 9.81. The van der Waals surface area contributed by atoms with Crippen LogP contribution in [-0.2, 0) is 14.2 Å². The van der Waals surface area contributed by atoms with Gasteiger partial charge in [-0.2, -0.15) is 13.2 Å². The number of hydrogen-bond acceptors (Lipinski definition) is 4. The molecule has 1 aliphatic heterocycles. The third kappa shape index (κ3) is 7.10. The molecule has 0 bridgehead atoms. The Bertz CT molecular complexity index is 243. The van der Waals surface area contributed by atoms with Gasteiger partial charge in [-0.15, -0.1) is 0 Å². The molecule has 19 heavy (non-hydrogen) atoms. The Morgan fingerprint density at radius 3 is 2.53 bits per heavy atom. The minimum atomic E-state index is -4.27. The van der Waals surface area contributed by atoms with E-state index in [1.54, 1.807) is 7.11 Å². The van der Waals surface area contributed by atoms with E-state index in [0.29, 0.717) is 45.8 Å². The van der Waals surface area contributed by atoms with Crippen molar-refractivity contribution in [2.45, 2.75) is 19.0 Å². The van der Waals surface area contributed by atoms with Crippen molar-refractivity contribution in [3.05, 3.63) is 0 Å². The second-order valence-electron chi connectivity index (χ2n) is 4.89. The summed E-state index contributed by atoms with van der Waals surface area (Å²) in [7, 11) is 1.61. The number of hydrogen-bond donors (Lipinski definition) is 1. The highest BCUT2D eigenvalue weighted by molar-refractivity contribution is 4.84. The van der Waals surface area contributed by atoms with Crippen molar-refractivity contribution in [1.29, 1.82) is 0 Å². The molecular weight excluding hydrogens is 263 g/mol. The van der Waals surface area contributed by atoms with E-state index in [4.69, 9.17) is 14.2 Å². The summed E-state index contributed by atoms with van der Waals surface area (Å²) >= 11 is 0. The summed E-state index contributed by atoms with van der Waals surface area (Å²) in [5, 5.41) is 3.20. The maximum Gasteiger partial charge on any atom is 0.411 e. The highest BCUT2D eigenvalue weighted by atomic mass is 19.4. The molecule has 7 heteroatoms. The fourth-order valence-corrected chi connectivity index (χ4v) is 2.09. The minimum absolute atomic E-state index is 0.107. The molecular formula is C12H22F3NO3. The van der Waals surface area contributed by atoms with Crippen molar-refractivity contribution in [3.63, 3.8) is 0 Å². The molecule has 4 nitrogen and oxygen atoms in total. The van der Waals surface area contributed by atoms with E-state index in [9.17, 15) is 13.2 Å². The largest absolute Gasteiger partial charge is 0.411 e. The minimum Gasteiger partial charge on any atom is -0.383 e. The van der Waals surface area contributed by atoms with Crippen LogP contribution < -0.4 is 5.32 Å². The standard InChI is InChI=1S/C12H22F3NO3/c1-17-7-4-16-8-11(2-5-18-6-3-11)9-19-10-12(13,14)15/h16H,2-10H2,1H3. The lowest BCUT2D eigenvalue weighted by Crippen LogP contribution is -2.44. The summed E-state index contributed by atoms with van der Waals surface area (Å²) < 4.78 is 51.4. The molecule has 0 aliphatic carbocycles. The molecule has 0 radical (unpaired) electrons. The smallest absolute Gasteiger partial charge is 0.383 e. The van der Waals surface area contributed by atoms with E-state index >= 15 is 0 Å². The summed E-state index contributed by atoms with van der Waals surface area (Å²) in [6, 6.07) is 0. The van der Waals surface area contributed by atoms with Crippen molar-refractivity contribution < 1.29 is 27.4 Å². The third-order valence-electron chi connectivity index (χ3n) is 3.21. The lowest BCUT2D eigenvalue weighted by molar-refractivity contribution is -0.184. The third-order valence-corrected chi connectivity index (χ3v) is 3.21. The molecule has 1 aliphatic rings. The number of halogens is 3. The Morgan fingerprint density at radius 1 is 1.26 bits per heavy atom. The van der Waals surface area contributed by atoms with Crippen molar-refractivity contribution in [2.75, 3.05) is 53.2 Å². The van der Waals surface area contributed by atoms with Gasteiger partial charge < -0.3 is 19.5 Å². The number of rotatable bonds is 8. The Balaban J connectivity index is 2.36. The van der Waals surface area contributed by atoms with Crippen molar-refractivity contribution in [1.82, 2.24) is 5.32 Å². The van der Waals surface area contributed by atoms with Gasteiger partial charge in [-0.3, -0.25) is 0 Å². The zero-order valence-corrected chi connectivity index (χ0v) is 11.2. The molecule has 0 unspecified atom stereocenters. The van der Waals surface area contributed by atoms with Crippen molar-refractivity contribution >= 4 is 0 Å². The van der Waals surface area contributed by atoms with E-state index < -0.39 is 12.8 Å². The first-order valence-electron chi connectivity index (χ1n) is 6.39. The van der Waals surface area contributed by atoms with Gasteiger partial charge in [-0.25, -0.2) is 0 Å². The summed E-state index contributed by atoms with van der Waals surface area (Å²) in [5.74, 6) is 0. The van der Waals surface area contributed by atoms with Crippen LogP contribution in [0.4, 0.5) is 13.2 Å². The Hall–Kier alpha value is -0.370. The highest BCUT2D eigenvalue weighted by Crippen LogP contribution is 2.30. The van der Waals surface area contributed by atoms with Gasteiger partial charge in [-0.05, 0) is 12.8 Å². The summed E-state index contributed by atoms with van der Waals surface area (Å²) in [6.07, 6.45) is -2.84. The fraction of sp³-hybridized carbons (Fsp3) is 1.00. The van der Waals surface area contributed by atoms with Crippen LogP contribution in [0.15, 0.2) is 0 Å². The molecule has 1 fully saturated rings. The summed E-state index contributed by atoms with van der Waals surface area (Å²) in [6.45, 7) is 1.94. The quantitative estimate of drug-likeness (QED) is 0.688. The number of alkyl halides is 3. The predicted octanol–water partition coefficient (Wildman–Crippen LogP) is 1.60. The average Bonchev–Trinajstić information content (AvgIpc) is 2.34. The normalized spacial score (nSPS) is 19.6. The van der Waals surface area contributed by atoms with Crippen molar-refractivity contribution in [3.8, 4) is 0 Å². The Morgan fingerprint density at radius 2 is 1.95 bits per heavy atom. The molecule has 0 aromatic rings. The zero-order valence-electron chi connectivity index (χ0n) is 11.2. The van der Waals surface area contributed by atoms with Crippen LogP contribution in [0, 0.1) is 5.41 Å². The van der Waals surface area contributed by atoms with Gasteiger partial charge in [0.15, 0.2) is 0 Å². The first kappa shape index (κ1) is 16.7. The maximum atomic E-state index is 12.1. The number of nitrogens with one attached hydrogen (secondary N) is 1. The Kier molecular flexibility index (Phi) is 7.06. The van der Waals surface area contributed by atoms with Gasteiger partial charge in [0.1, 0.15) is 6.61 Å². The monoisotopic (exact) mass is 285 g/mol. The maximum absolute atomic E-state index is 12.1. The van der Waals surface area contributed by atoms with Crippen LogP contribution in [0.25, 0.3) is 0 Å².